The van der Waals surface area contributed by atoms with Crippen molar-refractivity contribution in [1.82, 2.24) is 9.97 Å². The number of hydrogen-bond donors (Lipinski definition) is 1. The van der Waals surface area contributed by atoms with Crippen LogP contribution in [-0.2, 0) is 0 Å². The molecule has 0 unspecified atom stereocenters. The number of benzene rings is 1. The van der Waals surface area contributed by atoms with E-state index in [1.807, 2.05) is 24.3 Å². The van der Waals surface area contributed by atoms with Crippen LogP contribution in [0.2, 0.25) is 0 Å². The number of fused-ring (bicyclic) bond motifs is 1. The van der Waals surface area contributed by atoms with Crippen molar-refractivity contribution in [2.24, 2.45) is 5.41 Å². The third kappa shape index (κ3) is 3.16. The van der Waals surface area contributed by atoms with E-state index in [1.54, 1.807) is 6.20 Å². The third-order valence-corrected chi connectivity index (χ3v) is 3.45. The number of rotatable bonds is 3. The summed E-state index contributed by atoms with van der Waals surface area (Å²) >= 11 is 0. The summed E-state index contributed by atoms with van der Waals surface area (Å²) in [7, 11) is 0. The highest BCUT2D eigenvalue weighted by atomic mass is 16.3. The first-order chi connectivity index (χ1) is 11.0. The van der Waals surface area contributed by atoms with Crippen molar-refractivity contribution in [1.29, 1.82) is 5.26 Å². The van der Waals surface area contributed by atoms with Crippen LogP contribution in [0, 0.1) is 16.7 Å². The van der Waals surface area contributed by atoms with Crippen LogP contribution in [0.5, 0.6) is 0 Å². The van der Waals surface area contributed by atoms with Gasteiger partial charge in [0.05, 0.1) is 17.3 Å². The van der Waals surface area contributed by atoms with Crippen LogP contribution in [0.25, 0.3) is 22.2 Å². The Morgan fingerprint density at radius 3 is 2.78 bits per heavy atom. The molecule has 5 nitrogen and oxygen atoms in total. The van der Waals surface area contributed by atoms with Crippen LogP contribution in [0.1, 0.15) is 26.3 Å². The Bertz CT molecular complexity index is 870. The number of nitriles is 1. The zero-order chi connectivity index (χ0) is 16.4. The first-order valence-corrected chi connectivity index (χ1v) is 7.44. The van der Waals surface area contributed by atoms with Gasteiger partial charge in [0.25, 0.3) is 0 Å². The van der Waals surface area contributed by atoms with E-state index in [-0.39, 0.29) is 5.41 Å². The zero-order valence-corrected chi connectivity index (χ0v) is 13.4. The van der Waals surface area contributed by atoms with E-state index in [1.165, 1.54) is 6.39 Å². The van der Waals surface area contributed by atoms with Crippen molar-refractivity contribution in [3.05, 3.63) is 42.4 Å². The van der Waals surface area contributed by atoms with Crippen LogP contribution in [0.3, 0.4) is 0 Å². The lowest BCUT2D eigenvalue weighted by Gasteiger charge is -2.20. The summed E-state index contributed by atoms with van der Waals surface area (Å²) in [5.41, 5.74) is 2.28. The summed E-state index contributed by atoms with van der Waals surface area (Å²) in [6, 6.07) is 9.87. The van der Waals surface area contributed by atoms with Gasteiger partial charge in [0.2, 0.25) is 0 Å². The summed E-state index contributed by atoms with van der Waals surface area (Å²) in [6.45, 7) is 7.12. The molecular formula is C18H18N4O. The molecule has 0 aliphatic heterocycles. The highest BCUT2D eigenvalue weighted by Crippen LogP contribution is 2.30. The van der Waals surface area contributed by atoms with Gasteiger partial charge < -0.3 is 9.73 Å². The molecule has 1 N–H and O–H groups in total. The van der Waals surface area contributed by atoms with Crippen LogP contribution >= 0.6 is 0 Å². The molecule has 0 saturated heterocycles. The van der Waals surface area contributed by atoms with Crippen LogP contribution < -0.4 is 5.32 Å². The lowest BCUT2D eigenvalue weighted by molar-refractivity contribution is 0.442. The molecule has 0 aliphatic carbocycles. The largest absolute Gasteiger partial charge is 0.443 e. The molecule has 2 aromatic heterocycles. The van der Waals surface area contributed by atoms with Crippen molar-refractivity contribution in [3.8, 4) is 17.4 Å². The highest BCUT2D eigenvalue weighted by Gasteiger charge is 2.15. The molecule has 0 saturated carbocycles. The molecule has 0 spiro atoms. The molecule has 5 heteroatoms. The maximum Gasteiger partial charge on any atom is 0.181 e. The summed E-state index contributed by atoms with van der Waals surface area (Å²) in [4.78, 5) is 8.65. The van der Waals surface area contributed by atoms with Gasteiger partial charge in [0, 0.05) is 17.5 Å². The van der Waals surface area contributed by atoms with E-state index in [0.29, 0.717) is 17.1 Å². The number of hydrogen-bond acceptors (Lipinski definition) is 5. The molecule has 0 bridgehead atoms. The lowest BCUT2D eigenvalue weighted by Crippen LogP contribution is -2.20. The van der Waals surface area contributed by atoms with Crippen LogP contribution in [0.4, 0.5) is 5.82 Å². The number of nitrogens with zero attached hydrogens (tertiary/aromatic N) is 3. The molecule has 2 heterocycles. The maximum absolute atomic E-state index is 9.40. The van der Waals surface area contributed by atoms with E-state index in [4.69, 9.17) is 4.42 Å². The van der Waals surface area contributed by atoms with Gasteiger partial charge in [-0.3, -0.25) is 0 Å². The predicted molar refractivity (Wildman–Crippen MR) is 89.9 cm³/mol. The molecule has 1 aromatic carbocycles. The molecule has 0 amide bonds. The summed E-state index contributed by atoms with van der Waals surface area (Å²) in [5, 5.41) is 13.6. The summed E-state index contributed by atoms with van der Waals surface area (Å²) in [5.74, 6) is 1.26. The predicted octanol–water partition coefficient (Wildman–Crippen LogP) is 4.22. The van der Waals surface area contributed by atoms with Crippen molar-refractivity contribution >= 4 is 16.7 Å². The maximum atomic E-state index is 9.40. The second-order valence-corrected chi connectivity index (χ2v) is 6.65. The van der Waals surface area contributed by atoms with Gasteiger partial charge in [0.1, 0.15) is 11.9 Å². The second-order valence-electron chi connectivity index (χ2n) is 6.65. The van der Waals surface area contributed by atoms with Crippen molar-refractivity contribution in [2.75, 3.05) is 11.9 Å². The smallest absolute Gasteiger partial charge is 0.181 e. The average molecular weight is 306 g/mol. The third-order valence-electron chi connectivity index (χ3n) is 3.45. The van der Waals surface area contributed by atoms with Gasteiger partial charge in [-0.25, -0.2) is 9.97 Å². The number of aromatic nitrogens is 2. The summed E-state index contributed by atoms with van der Waals surface area (Å²) in [6.07, 6.45) is 3.06. The SMILES string of the molecule is CC(C)(C)CNc1nc2c(-c3cnco3)cccc2cc1C#N. The Morgan fingerprint density at radius 1 is 1.30 bits per heavy atom. The minimum Gasteiger partial charge on any atom is -0.443 e. The molecule has 0 fully saturated rings. The molecule has 116 valence electrons. The monoisotopic (exact) mass is 306 g/mol. The minimum atomic E-state index is 0.0911. The molecule has 0 radical (unpaired) electrons. The minimum absolute atomic E-state index is 0.0911. The van der Waals surface area contributed by atoms with Gasteiger partial charge in [-0.1, -0.05) is 32.9 Å². The van der Waals surface area contributed by atoms with Gasteiger partial charge in [-0.2, -0.15) is 5.26 Å². The van der Waals surface area contributed by atoms with Crippen LogP contribution in [0.15, 0.2) is 41.3 Å². The number of nitrogens with one attached hydrogen (secondary N) is 1. The number of para-hydroxylation sites is 1. The highest BCUT2D eigenvalue weighted by molar-refractivity contribution is 5.94. The Balaban J connectivity index is 2.13. The fourth-order valence-electron chi connectivity index (χ4n) is 2.32. The molecule has 0 aliphatic rings. The van der Waals surface area contributed by atoms with E-state index in [2.05, 4.69) is 42.1 Å². The molecular weight excluding hydrogens is 288 g/mol. The Kier molecular flexibility index (Phi) is 3.75. The first-order valence-electron chi connectivity index (χ1n) is 7.44. The van der Waals surface area contributed by atoms with Gasteiger partial charge in [-0.15, -0.1) is 0 Å². The van der Waals surface area contributed by atoms with E-state index in [0.717, 1.165) is 23.0 Å². The van der Waals surface area contributed by atoms with Crippen LogP contribution in [-0.4, -0.2) is 16.5 Å². The first kappa shape index (κ1) is 15.0. The molecule has 3 rings (SSSR count). The van der Waals surface area contributed by atoms with E-state index < -0.39 is 0 Å². The van der Waals surface area contributed by atoms with E-state index >= 15 is 0 Å². The Labute approximate surface area is 135 Å². The number of anilines is 1. The normalized spacial score (nSPS) is 11.4. The molecule has 3 aromatic rings. The number of pyridine rings is 1. The quantitative estimate of drug-likeness (QED) is 0.784. The van der Waals surface area contributed by atoms with Gasteiger partial charge in [0.15, 0.2) is 12.2 Å². The number of oxazole rings is 1. The molecule has 0 atom stereocenters. The standard InChI is InChI=1S/C18H18N4O/c1-18(2,3)10-21-17-13(8-19)7-12-5-4-6-14(16(12)22-17)15-9-20-11-23-15/h4-7,9,11H,10H2,1-3H3,(H,21,22). The zero-order valence-electron chi connectivity index (χ0n) is 13.4. The van der Waals surface area contributed by atoms with Crippen molar-refractivity contribution in [2.45, 2.75) is 20.8 Å². The topological polar surface area (TPSA) is 74.7 Å². The summed E-state index contributed by atoms with van der Waals surface area (Å²) < 4.78 is 5.40. The average Bonchev–Trinajstić information content (AvgIpc) is 3.04. The van der Waals surface area contributed by atoms with Gasteiger partial charge >= 0.3 is 0 Å². The lowest BCUT2D eigenvalue weighted by atomic mass is 9.97. The molecule has 23 heavy (non-hydrogen) atoms. The fraction of sp³-hybridized carbons (Fsp3) is 0.278. The van der Waals surface area contributed by atoms with Crippen molar-refractivity contribution < 1.29 is 4.42 Å². The Hall–Kier alpha value is -2.87. The Morgan fingerprint density at radius 2 is 2.13 bits per heavy atom. The van der Waals surface area contributed by atoms with Crippen molar-refractivity contribution in [3.63, 3.8) is 0 Å². The van der Waals surface area contributed by atoms with Gasteiger partial charge in [-0.05, 0) is 17.5 Å². The fourth-order valence-corrected chi connectivity index (χ4v) is 2.32. The second kappa shape index (κ2) is 5.73. The van der Waals surface area contributed by atoms with E-state index in [9.17, 15) is 5.26 Å².